The van der Waals surface area contributed by atoms with Gasteiger partial charge in [0.25, 0.3) is 5.91 Å². The van der Waals surface area contributed by atoms with E-state index in [0.29, 0.717) is 12.0 Å². The second-order valence-electron chi connectivity index (χ2n) is 11.7. The van der Waals surface area contributed by atoms with Gasteiger partial charge in [-0.1, -0.05) is 101 Å². The highest BCUT2D eigenvalue weighted by Gasteiger charge is 2.58. The van der Waals surface area contributed by atoms with Crippen molar-refractivity contribution < 1.29 is 33.3 Å². The molecule has 0 saturated carbocycles. The molecule has 8 nitrogen and oxygen atoms in total. The van der Waals surface area contributed by atoms with Crippen LogP contribution in [-0.2, 0) is 28.5 Å². The molecule has 0 unspecified atom stereocenters. The Morgan fingerprint density at radius 1 is 0.905 bits per heavy atom. The summed E-state index contributed by atoms with van der Waals surface area (Å²) in [5.74, 6) is -2.10. The lowest BCUT2D eigenvalue weighted by Gasteiger charge is -2.37. The Balaban J connectivity index is 1.99. The summed E-state index contributed by atoms with van der Waals surface area (Å²) in [7, 11) is 2.77. The molecule has 1 fully saturated rings. The maximum atomic E-state index is 13.4. The van der Waals surface area contributed by atoms with Gasteiger partial charge in [-0.3, -0.25) is 4.79 Å². The van der Waals surface area contributed by atoms with Crippen molar-refractivity contribution in [2.75, 3.05) is 27.6 Å². The van der Waals surface area contributed by atoms with Crippen LogP contribution in [0.4, 0.5) is 0 Å². The van der Waals surface area contributed by atoms with Gasteiger partial charge in [0.15, 0.2) is 11.3 Å². The van der Waals surface area contributed by atoms with Crippen LogP contribution in [0.2, 0.25) is 0 Å². The number of methoxy groups -OCH3 is 2. The molecule has 0 radical (unpaired) electrons. The van der Waals surface area contributed by atoms with E-state index in [-0.39, 0.29) is 13.4 Å². The third-order valence-corrected chi connectivity index (χ3v) is 7.63. The predicted octanol–water partition coefficient (Wildman–Crippen LogP) is 7.12. The van der Waals surface area contributed by atoms with Crippen molar-refractivity contribution >= 4 is 11.9 Å². The predicted molar refractivity (Wildman–Crippen MR) is 165 cm³/mol. The summed E-state index contributed by atoms with van der Waals surface area (Å²) in [5.41, 5.74) is -1.26. The number of hydrogen-bond donors (Lipinski definition) is 1. The number of unbranched alkanes of at least 4 members (excludes halogenated alkanes) is 11. The molecule has 238 valence electrons. The number of ether oxygens (including phenoxy) is 5. The van der Waals surface area contributed by atoms with Gasteiger partial charge < -0.3 is 29.0 Å². The van der Waals surface area contributed by atoms with Gasteiger partial charge in [0, 0.05) is 12.7 Å². The number of carbonyl (C=O) groups is 2. The number of esters is 1. The van der Waals surface area contributed by atoms with E-state index in [1.54, 1.807) is 38.1 Å². The topological polar surface area (TPSA) is 92.3 Å². The Labute approximate surface area is 253 Å². The lowest BCUT2D eigenvalue weighted by atomic mass is 9.87. The van der Waals surface area contributed by atoms with Crippen molar-refractivity contribution in [3.05, 3.63) is 48.0 Å². The fourth-order valence-electron chi connectivity index (χ4n) is 5.45. The van der Waals surface area contributed by atoms with Crippen molar-refractivity contribution in [2.24, 2.45) is 0 Å². The molecular weight excluding hydrogens is 534 g/mol. The molecule has 42 heavy (non-hydrogen) atoms. The molecule has 1 N–H and O–H groups in total. The average molecular weight is 590 g/mol. The van der Waals surface area contributed by atoms with Gasteiger partial charge in [-0.15, -0.1) is 0 Å². The second-order valence-corrected chi connectivity index (χ2v) is 11.7. The van der Waals surface area contributed by atoms with E-state index in [1.807, 2.05) is 6.07 Å². The van der Waals surface area contributed by atoms with E-state index in [4.69, 9.17) is 23.7 Å². The van der Waals surface area contributed by atoms with E-state index in [9.17, 15) is 9.59 Å². The zero-order chi connectivity index (χ0) is 30.7. The number of hydrogen-bond acceptors (Lipinski definition) is 7. The van der Waals surface area contributed by atoms with Crippen LogP contribution < -0.4 is 5.32 Å². The standard InChI is InChI=1S/C34H55NO7/c1-6-7-8-9-10-11-12-13-14-15-16-17-18-22-25-29-30(42-33(2,3)41-29)34(32(37)39-5,26-40-27-38-4)35-31(36)28-23-20-19-21-24-28/h18-24,29-30H,6-17,25-27H2,1-5H3,(H,35,36)/b22-18-/t29-,30+,34+/m1/s1. The number of benzene rings is 1. The third kappa shape index (κ3) is 12.2. The Morgan fingerprint density at radius 3 is 2.12 bits per heavy atom. The maximum absolute atomic E-state index is 13.4. The van der Waals surface area contributed by atoms with Crippen LogP contribution in [0.25, 0.3) is 0 Å². The van der Waals surface area contributed by atoms with Crippen LogP contribution in [0.3, 0.4) is 0 Å². The number of nitrogens with one attached hydrogen (secondary N) is 1. The molecule has 1 saturated heterocycles. The zero-order valence-corrected chi connectivity index (χ0v) is 26.7. The Hall–Kier alpha value is -2.26. The molecular formula is C34H55NO7. The van der Waals surface area contributed by atoms with Gasteiger partial charge in [0.05, 0.1) is 19.8 Å². The summed E-state index contributed by atoms with van der Waals surface area (Å²) in [5, 5.41) is 2.89. The second kappa shape index (κ2) is 19.8. The van der Waals surface area contributed by atoms with Crippen LogP contribution in [0, 0.1) is 0 Å². The van der Waals surface area contributed by atoms with Crippen LogP contribution in [0.15, 0.2) is 42.5 Å². The first-order valence-electron chi connectivity index (χ1n) is 15.8. The molecule has 1 aliphatic heterocycles. The molecule has 0 spiro atoms. The fraction of sp³-hybridized carbons (Fsp3) is 0.706. The quantitative estimate of drug-likeness (QED) is 0.0666. The molecule has 1 amide bonds. The van der Waals surface area contributed by atoms with Gasteiger partial charge in [-0.2, -0.15) is 0 Å². The summed E-state index contributed by atoms with van der Waals surface area (Å²) in [6.07, 6.45) is 18.9. The first-order chi connectivity index (χ1) is 20.3. The largest absolute Gasteiger partial charge is 0.467 e. The highest BCUT2D eigenvalue weighted by atomic mass is 16.8. The Morgan fingerprint density at radius 2 is 1.52 bits per heavy atom. The van der Waals surface area contributed by atoms with E-state index >= 15 is 0 Å². The minimum Gasteiger partial charge on any atom is -0.467 e. The fourth-order valence-corrected chi connectivity index (χ4v) is 5.45. The average Bonchev–Trinajstić information content (AvgIpc) is 3.31. The van der Waals surface area contributed by atoms with Gasteiger partial charge in [-0.25, -0.2) is 4.79 Å². The van der Waals surface area contributed by atoms with Gasteiger partial charge in [0.2, 0.25) is 0 Å². The summed E-state index contributed by atoms with van der Waals surface area (Å²) >= 11 is 0. The first kappa shape index (κ1) is 35.9. The van der Waals surface area contributed by atoms with Crippen molar-refractivity contribution in [1.29, 1.82) is 0 Å². The maximum Gasteiger partial charge on any atom is 0.336 e. The lowest BCUT2D eigenvalue weighted by molar-refractivity contribution is -0.175. The normalized spacial score (nSPS) is 19.5. The van der Waals surface area contributed by atoms with Crippen molar-refractivity contribution in [3.8, 4) is 0 Å². The number of allylic oxidation sites excluding steroid dienone is 1. The van der Waals surface area contributed by atoms with Crippen molar-refractivity contribution in [2.45, 2.75) is 128 Å². The van der Waals surface area contributed by atoms with Crippen molar-refractivity contribution in [1.82, 2.24) is 5.32 Å². The van der Waals surface area contributed by atoms with Crippen LogP contribution in [0.5, 0.6) is 0 Å². The molecule has 0 bridgehead atoms. The number of rotatable bonds is 22. The van der Waals surface area contributed by atoms with Crippen molar-refractivity contribution in [3.63, 3.8) is 0 Å². The minimum absolute atomic E-state index is 0.0690. The first-order valence-corrected chi connectivity index (χ1v) is 15.8. The summed E-state index contributed by atoms with van der Waals surface area (Å²) < 4.78 is 28.5. The smallest absolute Gasteiger partial charge is 0.336 e. The highest BCUT2D eigenvalue weighted by molar-refractivity contribution is 5.98. The Kier molecular flexibility index (Phi) is 17.0. The molecule has 0 aliphatic carbocycles. The SMILES string of the molecule is CCCCCCCCCCCCC/C=C\C[C@H]1OC(C)(C)O[C@@H]1[C@](COCOC)(NC(=O)c1ccccc1)C(=O)OC. The van der Waals surface area contributed by atoms with Crippen LogP contribution in [-0.4, -0.2) is 63.0 Å². The molecule has 1 aliphatic rings. The zero-order valence-electron chi connectivity index (χ0n) is 26.7. The molecule has 0 aromatic heterocycles. The minimum atomic E-state index is -1.66. The van der Waals surface area contributed by atoms with E-state index in [1.165, 1.54) is 78.4 Å². The summed E-state index contributed by atoms with van der Waals surface area (Å²) in [4.78, 5) is 26.7. The Bertz CT molecular complexity index is 920. The summed E-state index contributed by atoms with van der Waals surface area (Å²) in [6.45, 7) is 5.57. The van der Waals surface area contributed by atoms with Gasteiger partial charge >= 0.3 is 5.97 Å². The monoisotopic (exact) mass is 589 g/mol. The molecule has 2 rings (SSSR count). The third-order valence-electron chi connectivity index (χ3n) is 7.63. The molecule has 1 aromatic rings. The summed E-state index contributed by atoms with van der Waals surface area (Å²) in [6, 6.07) is 8.70. The van der Waals surface area contributed by atoms with Crippen LogP contribution >= 0.6 is 0 Å². The van der Waals surface area contributed by atoms with E-state index < -0.39 is 35.4 Å². The van der Waals surface area contributed by atoms with Gasteiger partial charge in [-0.05, 0) is 45.2 Å². The van der Waals surface area contributed by atoms with E-state index in [2.05, 4.69) is 24.4 Å². The lowest BCUT2D eigenvalue weighted by Crippen LogP contribution is -2.67. The highest BCUT2D eigenvalue weighted by Crippen LogP contribution is 2.37. The van der Waals surface area contributed by atoms with E-state index in [0.717, 1.165) is 12.8 Å². The molecule has 1 heterocycles. The van der Waals surface area contributed by atoms with Gasteiger partial charge in [0.1, 0.15) is 12.9 Å². The number of carbonyl (C=O) groups excluding carboxylic acids is 2. The molecule has 1 aromatic carbocycles. The molecule has 3 atom stereocenters. The van der Waals surface area contributed by atoms with Crippen LogP contribution in [0.1, 0.15) is 115 Å². The molecule has 8 heteroatoms. The number of amides is 1.